The molecular weight excluding hydrogens is 216 g/mol. The molecule has 0 radical (unpaired) electrons. The van der Waals surface area contributed by atoms with E-state index in [-0.39, 0.29) is 4.90 Å². The Morgan fingerprint density at radius 3 is 2.33 bits per heavy atom. The highest BCUT2D eigenvalue weighted by Crippen LogP contribution is 2.14. The second kappa shape index (κ2) is 3.90. The lowest BCUT2D eigenvalue weighted by atomic mass is 10.1. The molecule has 6 heteroatoms. The van der Waals surface area contributed by atoms with Gasteiger partial charge in [-0.3, -0.25) is 0 Å². The fourth-order valence-electron chi connectivity index (χ4n) is 1.07. The highest BCUT2D eigenvalue weighted by atomic mass is 32.2. The Labute approximate surface area is 88.3 Å². The van der Waals surface area contributed by atoms with E-state index in [4.69, 9.17) is 5.73 Å². The molecule has 0 unspecified atom stereocenters. The number of hydrogen-bond donors (Lipinski definition) is 2. The van der Waals surface area contributed by atoms with Crippen LogP contribution in [0.25, 0.3) is 0 Å². The van der Waals surface area contributed by atoms with E-state index >= 15 is 0 Å². The molecule has 0 saturated carbocycles. The van der Waals surface area contributed by atoms with Gasteiger partial charge in [0.2, 0.25) is 0 Å². The Bertz CT molecular complexity index is 494. The maximum atomic E-state index is 11.5. The van der Waals surface area contributed by atoms with E-state index < -0.39 is 16.1 Å². The van der Waals surface area contributed by atoms with Crippen LogP contribution in [0.4, 0.5) is 4.79 Å². The topological polar surface area (TPSA) is 89.3 Å². The summed E-state index contributed by atoms with van der Waals surface area (Å²) < 4.78 is 24.7. The smallest absolute Gasteiger partial charge is 0.326 e. The maximum Gasteiger partial charge on any atom is 0.326 e. The molecular formula is C9H12N2O3S. The van der Waals surface area contributed by atoms with Crippen molar-refractivity contribution in [2.75, 3.05) is 0 Å². The molecule has 0 aromatic heterocycles. The van der Waals surface area contributed by atoms with Gasteiger partial charge in [-0.05, 0) is 37.1 Å². The second-order valence-electron chi connectivity index (χ2n) is 3.22. The Kier molecular flexibility index (Phi) is 2.99. The van der Waals surface area contributed by atoms with E-state index in [1.165, 1.54) is 12.1 Å². The van der Waals surface area contributed by atoms with Crippen LogP contribution in [-0.2, 0) is 10.0 Å². The molecule has 0 fully saturated rings. The zero-order chi connectivity index (χ0) is 11.6. The molecule has 0 aliphatic rings. The summed E-state index contributed by atoms with van der Waals surface area (Å²) in [5, 5.41) is 0. The molecule has 0 bridgehead atoms. The van der Waals surface area contributed by atoms with Crippen molar-refractivity contribution in [1.82, 2.24) is 4.72 Å². The first-order valence-corrected chi connectivity index (χ1v) is 5.71. The van der Waals surface area contributed by atoms with E-state index in [1.54, 1.807) is 17.7 Å². The molecule has 0 saturated heterocycles. The monoisotopic (exact) mass is 228 g/mol. The number of urea groups is 1. The first-order chi connectivity index (χ1) is 6.83. The molecule has 0 spiro atoms. The van der Waals surface area contributed by atoms with Gasteiger partial charge in [-0.15, -0.1) is 0 Å². The van der Waals surface area contributed by atoms with Crippen LogP contribution in [-0.4, -0.2) is 14.4 Å². The van der Waals surface area contributed by atoms with Crippen LogP contribution in [0, 0.1) is 13.8 Å². The van der Waals surface area contributed by atoms with Gasteiger partial charge in [-0.25, -0.2) is 17.9 Å². The van der Waals surface area contributed by atoms with Gasteiger partial charge in [0.05, 0.1) is 4.90 Å². The predicted octanol–water partition coefficient (Wildman–Crippen LogP) is 0.660. The first-order valence-electron chi connectivity index (χ1n) is 4.22. The third kappa shape index (κ3) is 2.69. The lowest BCUT2D eigenvalue weighted by Crippen LogP contribution is -2.34. The van der Waals surface area contributed by atoms with Gasteiger partial charge < -0.3 is 5.73 Å². The summed E-state index contributed by atoms with van der Waals surface area (Å²) in [5.41, 5.74) is 6.57. The molecule has 5 nitrogen and oxygen atoms in total. The van der Waals surface area contributed by atoms with Gasteiger partial charge in [0.15, 0.2) is 0 Å². The van der Waals surface area contributed by atoms with Gasteiger partial charge in [0.1, 0.15) is 0 Å². The number of rotatable bonds is 2. The summed E-state index contributed by atoms with van der Waals surface area (Å²) >= 11 is 0. The highest BCUT2D eigenvalue weighted by Gasteiger charge is 2.15. The van der Waals surface area contributed by atoms with Gasteiger partial charge >= 0.3 is 6.03 Å². The van der Waals surface area contributed by atoms with Gasteiger partial charge in [-0.2, -0.15) is 0 Å². The van der Waals surface area contributed by atoms with E-state index in [0.717, 1.165) is 11.1 Å². The fourth-order valence-corrected chi connectivity index (χ4v) is 2.03. The zero-order valence-corrected chi connectivity index (χ0v) is 9.26. The van der Waals surface area contributed by atoms with Crippen molar-refractivity contribution in [1.29, 1.82) is 0 Å². The van der Waals surface area contributed by atoms with Gasteiger partial charge in [-0.1, -0.05) is 6.07 Å². The van der Waals surface area contributed by atoms with Crippen molar-refractivity contribution in [3.05, 3.63) is 29.3 Å². The molecule has 15 heavy (non-hydrogen) atoms. The molecule has 0 heterocycles. The van der Waals surface area contributed by atoms with Crippen LogP contribution in [0.15, 0.2) is 23.1 Å². The highest BCUT2D eigenvalue weighted by molar-refractivity contribution is 7.90. The number of amides is 2. The normalized spacial score (nSPS) is 11.1. The van der Waals surface area contributed by atoms with E-state index in [1.807, 2.05) is 6.92 Å². The van der Waals surface area contributed by atoms with E-state index in [9.17, 15) is 13.2 Å². The second-order valence-corrected chi connectivity index (χ2v) is 4.90. The van der Waals surface area contributed by atoms with Crippen LogP contribution in [0.5, 0.6) is 0 Å². The average Bonchev–Trinajstić information content (AvgIpc) is 2.07. The molecule has 1 rings (SSSR count). The Balaban J connectivity index is 3.17. The number of hydrogen-bond acceptors (Lipinski definition) is 3. The fraction of sp³-hybridized carbons (Fsp3) is 0.222. The van der Waals surface area contributed by atoms with E-state index in [2.05, 4.69) is 0 Å². The number of benzene rings is 1. The third-order valence-electron chi connectivity index (χ3n) is 2.02. The lowest BCUT2D eigenvalue weighted by molar-refractivity contribution is 0.253. The number of sulfonamides is 1. The minimum Gasteiger partial charge on any atom is -0.351 e. The minimum atomic E-state index is -3.82. The first kappa shape index (κ1) is 11.5. The van der Waals surface area contributed by atoms with Gasteiger partial charge in [0.25, 0.3) is 10.0 Å². The zero-order valence-electron chi connectivity index (χ0n) is 8.44. The standard InChI is InChI=1S/C9H12N2O3S/c1-6-3-4-8(5-7(6)2)15(13,14)11-9(10)12/h3-5H,1-2H3,(H3,10,11,12). The Morgan fingerprint density at radius 2 is 1.87 bits per heavy atom. The molecule has 3 N–H and O–H groups in total. The van der Waals surface area contributed by atoms with Crippen LogP contribution in [0.2, 0.25) is 0 Å². The molecule has 1 aromatic carbocycles. The summed E-state index contributed by atoms with van der Waals surface area (Å²) in [6.45, 7) is 3.66. The van der Waals surface area contributed by atoms with Crippen molar-refractivity contribution in [2.24, 2.45) is 5.73 Å². The summed E-state index contributed by atoms with van der Waals surface area (Å²) in [4.78, 5) is 10.5. The Hall–Kier alpha value is -1.56. The minimum absolute atomic E-state index is 0.0319. The van der Waals surface area contributed by atoms with Crippen molar-refractivity contribution < 1.29 is 13.2 Å². The summed E-state index contributed by atoms with van der Waals surface area (Å²) in [6.07, 6.45) is 0. The number of primary amides is 1. The lowest BCUT2D eigenvalue weighted by Gasteiger charge is -2.06. The third-order valence-corrected chi connectivity index (χ3v) is 3.37. The Morgan fingerprint density at radius 1 is 1.27 bits per heavy atom. The van der Waals surface area contributed by atoms with Crippen molar-refractivity contribution in [3.8, 4) is 0 Å². The molecule has 0 atom stereocenters. The molecule has 2 amide bonds. The molecule has 82 valence electrons. The predicted molar refractivity (Wildman–Crippen MR) is 55.8 cm³/mol. The number of nitrogens with one attached hydrogen (secondary N) is 1. The quantitative estimate of drug-likeness (QED) is 0.779. The number of carbonyl (C=O) groups excluding carboxylic acids is 1. The molecule has 0 aliphatic carbocycles. The van der Waals surface area contributed by atoms with Crippen LogP contribution < -0.4 is 10.5 Å². The number of carbonyl (C=O) groups is 1. The summed E-state index contributed by atoms with van der Waals surface area (Å²) in [7, 11) is -3.82. The molecule has 0 aliphatic heterocycles. The van der Waals surface area contributed by atoms with Crippen molar-refractivity contribution >= 4 is 16.1 Å². The van der Waals surface area contributed by atoms with Crippen molar-refractivity contribution in [3.63, 3.8) is 0 Å². The van der Waals surface area contributed by atoms with Crippen molar-refractivity contribution in [2.45, 2.75) is 18.7 Å². The number of nitrogens with two attached hydrogens (primary N) is 1. The van der Waals surface area contributed by atoms with Crippen LogP contribution >= 0.6 is 0 Å². The SMILES string of the molecule is Cc1ccc(S(=O)(=O)NC(N)=O)cc1C. The van der Waals surface area contributed by atoms with Crippen LogP contribution in [0.3, 0.4) is 0 Å². The largest absolute Gasteiger partial charge is 0.351 e. The summed E-state index contributed by atoms with van der Waals surface area (Å²) in [5.74, 6) is 0. The van der Waals surface area contributed by atoms with Gasteiger partial charge in [0, 0.05) is 0 Å². The van der Waals surface area contributed by atoms with E-state index in [0.29, 0.717) is 0 Å². The maximum absolute atomic E-state index is 11.5. The van der Waals surface area contributed by atoms with Crippen LogP contribution in [0.1, 0.15) is 11.1 Å². The number of aryl methyl sites for hydroxylation is 2. The molecule has 1 aromatic rings. The summed E-state index contributed by atoms with van der Waals surface area (Å²) in [6, 6.07) is 3.49. The average molecular weight is 228 g/mol.